The van der Waals surface area contributed by atoms with Gasteiger partial charge in [-0.15, -0.1) is 0 Å². The number of nitrogens with two attached hydrogens (primary N) is 1. The number of nitrogens with one attached hydrogen (secondary N) is 1. The molecule has 28 heavy (non-hydrogen) atoms. The maximum Gasteiger partial charge on any atom is 0.325 e. The van der Waals surface area contributed by atoms with Crippen molar-refractivity contribution < 1.29 is 19.1 Å². The summed E-state index contributed by atoms with van der Waals surface area (Å²) in [4.78, 5) is 41.8. The van der Waals surface area contributed by atoms with E-state index >= 15 is 0 Å². The number of carbonyl (C=O) groups is 3. The van der Waals surface area contributed by atoms with Crippen molar-refractivity contribution in [3.63, 3.8) is 0 Å². The second-order valence-corrected chi connectivity index (χ2v) is 8.77. The number of carbonyl (C=O) groups excluding carboxylic acids is 3. The third kappa shape index (κ3) is 3.21. The van der Waals surface area contributed by atoms with Gasteiger partial charge in [0.05, 0.1) is 0 Å². The van der Waals surface area contributed by atoms with Gasteiger partial charge < -0.3 is 15.8 Å². The van der Waals surface area contributed by atoms with Crippen molar-refractivity contribution >= 4 is 17.8 Å². The molecule has 1 aromatic heterocycles. The monoisotopic (exact) mass is 386 g/mol. The third-order valence-corrected chi connectivity index (χ3v) is 6.10. The Hall–Kier alpha value is -2.64. The Kier molecular flexibility index (Phi) is 4.51. The Balaban J connectivity index is 1.31. The van der Waals surface area contributed by atoms with Gasteiger partial charge in [0.2, 0.25) is 5.88 Å². The first-order valence-corrected chi connectivity index (χ1v) is 9.83. The van der Waals surface area contributed by atoms with E-state index in [1.807, 2.05) is 13.8 Å². The highest BCUT2D eigenvalue weighted by molar-refractivity contribution is 6.04. The average molecular weight is 386 g/mol. The summed E-state index contributed by atoms with van der Waals surface area (Å²) in [7, 11) is 0. The maximum absolute atomic E-state index is 12.6. The van der Waals surface area contributed by atoms with Crippen LogP contribution in [0.5, 0.6) is 5.88 Å². The zero-order chi connectivity index (χ0) is 20.1. The smallest absolute Gasteiger partial charge is 0.325 e. The molecule has 2 aliphatic carbocycles. The SMILES string of the molecule is CC(C)CC1NC(=O)N(C2CC3(CC(Oc4ncccc4C(N)=O)C3)C2)C1=O. The number of hydrogen-bond acceptors (Lipinski definition) is 5. The molecule has 1 aliphatic heterocycles. The van der Waals surface area contributed by atoms with Crippen LogP contribution in [0.3, 0.4) is 0 Å². The van der Waals surface area contributed by atoms with E-state index in [4.69, 9.17) is 10.5 Å². The molecule has 2 heterocycles. The molecule has 0 bridgehead atoms. The second kappa shape index (κ2) is 6.76. The summed E-state index contributed by atoms with van der Waals surface area (Å²) in [5.74, 6) is -0.0275. The van der Waals surface area contributed by atoms with Crippen LogP contribution in [0.4, 0.5) is 4.79 Å². The second-order valence-electron chi connectivity index (χ2n) is 8.77. The Bertz CT molecular complexity index is 810. The lowest BCUT2D eigenvalue weighted by atomic mass is 9.52. The molecule has 3 N–H and O–H groups in total. The molecular formula is C20H26N4O4. The fourth-order valence-electron chi connectivity index (χ4n) is 4.80. The number of aromatic nitrogens is 1. The van der Waals surface area contributed by atoms with Gasteiger partial charge in [-0.3, -0.25) is 14.5 Å². The van der Waals surface area contributed by atoms with Crippen LogP contribution in [0, 0.1) is 11.3 Å². The van der Waals surface area contributed by atoms with Crippen LogP contribution in [0.15, 0.2) is 18.3 Å². The Morgan fingerprint density at radius 2 is 2.07 bits per heavy atom. The van der Waals surface area contributed by atoms with Crippen molar-refractivity contribution in [2.24, 2.45) is 17.1 Å². The maximum atomic E-state index is 12.6. The van der Waals surface area contributed by atoms with E-state index in [1.54, 1.807) is 18.3 Å². The topological polar surface area (TPSA) is 115 Å². The van der Waals surface area contributed by atoms with Crippen molar-refractivity contribution in [1.82, 2.24) is 15.2 Å². The molecule has 2 saturated carbocycles. The summed E-state index contributed by atoms with van der Waals surface area (Å²) in [6.45, 7) is 4.08. The molecule has 8 nitrogen and oxygen atoms in total. The zero-order valence-corrected chi connectivity index (χ0v) is 16.2. The molecule has 3 fully saturated rings. The van der Waals surface area contributed by atoms with Crippen LogP contribution >= 0.6 is 0 Å². The summed E-state index contributed by atoms with van der Waals surface area (Å²) in [5, 5.41) is 2.82. The predicted molar refractivity (Wildman–Crippen MR) is 100 cm³/mol. The van der Waals surface area contributed by atoms with Crippen LogP contribution in [0.2, 0.25) is 0 Å². The standard InChI is InChI=1S/C20H26N4O4/c1-11(2)6-15-18(26)24(19(27)23-15)12-7-20(8-12)9-13(10-20)28-17-14(16(21)25)4-3-5-22-17/h3-5,11-13,15H,6-10H2,1-2H3,(H2,21,25)(H,23,27). The van der Waals surface area contributed by atoms with Crippen LogP contribution in [-0.4, -0.2) is 45.9 Å². The minimum Gasteiger partial charge on any atom is -0.474 e. The molecule has 4 amide bonds. The lowest BCUT2D eigenvalue weighted by Gasteiger charge is -2.58. The van der Waals surface area contributed by atoms with Crippen molar-refractivity contribution in [2.75, 3.05) is 0 Å². The van der Waals surface area contributed by atoms with Crippen LogP contribution < -0.4 is 15.8 Å². The molecule has 3 aliphatic rings. The van der Waals surface area contributed by atoms with Gasteiger partial charge in [0, 0.05) is 12.2 Å². The molecule has 0 aromatic carbocycles. The number of pyridine rings is 1. The number of amides is 4. The fourth-order valence-corrected chi connectivity index (χ4v) is 4.80. The first kappa shape index (κ1) is 18.7. The lowest BCUT2D eigenvalue weighted by Crippen LogP contribution is -2.60. The molecular weight excluding hydrogens is 360 g/mol. The quantitative estimate of drug-likeness (QED) is 0.724. The molecule has 1 aromatic rings. The van der Waals surface area contributed by atoms with Crippen molar-refractivity contribution in [3.05, 3.63) is 23.9 Å². The number of primary amides is 1. The first-order valence-electron chi connectivity index (χ1n) is 9.83. The van der Waals surface area contributed by atoms with Gasteiger partial charge in [-0.1, -0.05) is 13.8 Å². The number of nitrogens with zero attached hydrogens (tertiary/aromatic N) is 2. The lowest BCUT2D eigenvalue weighted by molar-refractivity contribution is -0.141. The Labute approximate surface area is 163 Å². The Morgan fingerprint density at radius 1 is 1.36 bits per heavy atom. The van der Waals surface area contributed by atoms with E-state index in [-0.39, 0.29) is 40.9 Å². The highest BCUT2D eigenvalue weighted by atomic mass is 16.5. The van der Waals surface area contributed by atoms with Gasteiger partial charge in [-0.2, -0.15) is 0 Å². The molecule has 1 atom stereocenters. The number of ether oxygens (including phenoxy) is 1. The van der Waals surface area contributed by atoms with E-state index in [0.29, 0.717) is 12.3 Å². The van der Waals surface area contributed by atoms with Gasteiger partial charge in [0.25, 0.3) is 11.8 Å². The predicted octanol–water partition coefficient (Wildman–Crippen LogP) is 1.84. The van der Waals surface area contributed by atoms with Gasteiger partial charge in [-0.25, -0.2) is 9.78 Å². The minimum absolute atomic E-state index is 0.0225. The molecule has 0 radical (unpaired) electrons. The molecule has 1 saturated heterocycles. The van der Waals surface area contributed by atoms with Crippen molar-refractivity contribution in [2.45, 2.75) is 64.1 Å². The normalized spacial score (nSPS) is 31.5. The van der Waals surface area contributed by atoms with E-state index in [1.165, 1.54) is 4.90 Å². The number of rotatable bonds is 6. The van der Waals surface area contributed by atoms with E-state index in [9.17, 15) is 14.4 Å². The number of urea groups is 1. The number of imide groups is 1. The van der Waals surface area contributed by atoms with E-state index in [0.717, 1.165) is 25.7 Å². The molecule has 1 spiro atoms. The average Bonchev–Trinajstić information content (AvgIpc) is 2.82. The molecule has 1 unspecified atom stereocenters. The molecule has 4 rings (SSSR count). The van der Waals surface area contributed by atoms with E-state index < -0.39 is 11.9 Å². The largest absolute Gasteiger partial charge is 0.474 e. The van der Waals surface area contributed by atoms with Crippen molar-refractivity contribution in [3.8, 4) is 5.88 Å². The van der Waals surface area contributed by atoms with Crippen LogP contribution in [0.25, 0.3) is 0 Å². The highest BCUT2D eigenvalue weighted by Crippen LogP contribution is 2.58. The van der Waals surface area contributed by atoms with Gasteiger partial charge in [-0.05, 0) is 55.6 Å². The van der Waals surface area contributed by atoms with Gasteiger partial charge >= 0.3 is 6.03 Å². The summed E-state index contributed by atoms with van der Waals surface area (Å²) >= 11 is 0. The highest BCUT2D eigenvalue weighted by Gasteiger charge is 2.58. The minimum atomic E-state index is -0.560. The van der Waals surface area contributed by atoms with Crippen LogP contribution in [0.1, 0.15) is 56.3 Å². The van der Waals surface area contributed by atoms with Crippen LogP contribution in [-0.2, 0) is 4.79 Å². The van der Waals surface area contributed by atoms with Gasteiger partial charge in [0.15, 0.2) is 0 Å². The van der Waals surface area contributed by atoms with E-state index in [2.05, 4.69) is 10.3 Å². The molecule has 8 heteroatoms. The van der Waals surface area contributed by atoms with Crippen molar-refractivity contribution in [1.29, 1.82) is 0 Å². The summed E-state index contributed by atoms with van der Waals surface area (Å²) in [6, 6.07) is 2.57. The Morgan fingerprint density at radius 3 is 2.71 bits per heavy atom. The summed E-state index contributed by atoms with van der Waals surface area (Å²) < 4.78 is 5.87. The first-order chi connectivity index (χ1) is 13.3. The molecule has 150 valence electrons. The number of hydrogen-bond donors (Lipinski definition) is 2. The third-order valence-electron chi connectivity index (χ3n) is 6.10. The summed E-state index contributed by atoms with van der Waals surface area (Å²) in [6.07, 6.45) is 5.50. The zero-order valence-electron chi connectivity index (χ0n) is 16.2. The van der Waals surface area contributed by atoms with Gasteiger partial charge in [0.1, 0.15) is 17.7 Å². The fraction of sp³-hybridized carbons (Fsp3) is 0.600. The summed E-state index contributed by atoms with van der Waals surface area (Å²) in [5.41, 5.74) is 5.76.